The van der Waals surface area contributed by atoms with Crippen molar-refractivity contribution in [1.82, 2.24) is 0 Å². The van der Waals surface area contributed by atoms with Gasteiger partial charge in [-0.1, -0.05) is 23.7 Å². The number of ketones is 1. The van der Waals surface area contributed by atoms with Gasteiger partial charge in [-0.25, -0.2) is 0 Å². The number of methoxy groups -OCH3 is 1. The van der Waals surface area contributed by atoms with Crippen LogP contribution < -0.4 is 15.0 Å². The van der Waals surface area contributed by atoms with Crippen LogP contribution in [0.2, 0.25) is 5.02 Å². The van der Waals surface area contributed by atoms with Gasteiger partial charge in [-0.15, -0.1) is 0 Å². The standard InChI is InChI=1S/C19H19ClN2O4/c1-12(23)14-5-4-6-16(9-14)22(13(2)24)11-19(25)21-17-10-15(20)7-8-18(17)26-3/h4-10H,11H2,1-3H3,(H,21,25). The predicted octanol–water partition coefficient (Wildman–Crippen LogP) is 3.54. The molecule has 0 unspecified atom stereocenters. The Kier molecular flexibility index (Phi) is 6.36. The van der Waals surface area contributed by atoms with Crippen LogP contribution >= 0.6 is 11.6 Å². The average Bonchev–Trinajstić information content (AvgIpc) is 2.59. The minimum absolute atomic E-state index is 0.122. The van der Waals surface area contributed by atoms with Crippen LogP contribution in [0, 0.1) is 0 Å². The van der Waals surface area contributed by atoms with Gasteiger partial charge in [-0.2, -0.15) is 0 Å². The van der Waals surface area contributed by atoms with Crippen LogP contribution in [0.4, 0.5) is 11.4 Å². The molecule has 0 radical (unpaired) electrons. The zero-order chi connectivity index (χ0) is 19.3. The summed E-state index contributed by atoms with van der Waals surface area (Å²) >= 11 is 5.95. The molecule has 2 amide bonds. The van der Waals surface area contributed by atoms with Crippen molar-refractivity contribution < 1.29 is 19.1 Å². The maximum atomic E-state index is 12.4. The largest absolute Gasteiger partial charge is 0.495 e. The molecular weight excluding hydrogens is 356 g/mol. The van der Waals surface area contributed by atoms with Crippen molar-refractivity contribution in [2.75, 3.05) is 23.9 Å². The Morgan fingerprint density at radius 3 is 2.46 bits per heavy atom. The van der Waals surface area contributed by atoms with Gasteiger partial charge in [0.1, 0.15) is 12.3 Å². The Hall–Kier alpha value is -2.86. The van der Waals surface area contributed by atoms with E-state index in [-0.39, 0.29) is 18.2 Å². The summed E-state index contributed by atoms with van der Waals surface area (Å²) in [5, 5.41) is 3.13. The topological polar surface area (TPSA) is 75.7 Å². The third-order valence-electron chi connectivity index (χ3n) is 3.68. The fourth-order valence-corrected chi connectivity index (χ4v) is 2.56. The van der Waals surface area contributed by atoms with Gasteiger partial charge in [0.2, 0.25) is 11.8 Å². The SMILES string of the molecule is COc1ccc(Cl)cc1NC(=O)CN(C(C)=O)c1cccc(C(C)=O)c1. The maximum Gasteiger partial charge on any atom is 0.244 e. The number of rotatable bonds is 6. The number of benzene rings is 2. The van der Waals surface area contributed by atoms with Crippen molar-refractivity contribution >= 4 is 40.6 Å². The predicted molar refractivity (Wildman–Crippen MR) is 101 cm³/mol. The molecule has 136 valence electrons. The van der Waals surface area contributed by atoms with Crippen molar-refractivity contribution in [2.24, 2.45) is 0 Å². The number of ether oxygens (including phenoxy) is 1. The number of nitrogens with one attached hydrogen (secondary N) is 1. The number of carbonyl (C=O) groups excluding carboxylic acids is 3. The van der Waals surface area contributed by atoms with E-state index in [1.165, 1.54) is 25.9 Å². The van der Waals surface area contributed by atoms with E-state index in [1.807, 2.05) is 0 Å². The first kappa shape index (κ1) is 19.5. The van der Waals surface area contributed by atoms with Gasteiger partial charge in [0, 0.05) is 23.2 Å². The van der Waals surface area contributed by atoms with Gasteiger partial charge in [0.15, 0.2) is 5.78 Å². The van der Waals surface area contributed by atoms with E-state index >= 15 is 0 Å². The van der Waals surface area contributed by atoms with Crippen LogP contribution in [0.1, 0.15) is 24.2 Å². The zero-order valence-electron chi connectivity index (χ0n) is 14.7. The summed E-state index contributed by atoms with van der Waals surface area (Å²) in [6, 6.07) is 11.4. The summed E-state index contributed by atoms with van der Waals surface area (Å²) in [4.78, 5) is 37.3. The second-order valence-corrected chi connectivity index (χ2v) is 6.04. The number of nitrogens with zero attached hydrogens (tertiary/aromatic N) is 1. The highest BCUT2D eigenvalue weighted by Gasteiger charge is 2.18. The molecular formula is C19H19ClN2O4. The first-order valence-corrected chi connectivity index (χ1v) is 8.22. The van der Waals surface area contributed by atoms with Crippen molar-refractivity contribution in [3.8, 4) is 5.75 Å². The lowest BCUT2D eigenvalue weighted by Gasteiger charge is -2.21. The Labute approximate surface area is 156 Å². The Morgan fingerprint density at radius 2 is 1.85 bits per heavy atom. The van der Waals surface area contributed by atoms with Crippen LogP contribution in [-0.2, 0) is 9.59 Å². The third kappa shape index (κ3) is 4.83. The van der Waals surface area contributed by atoms with Crippen LogP contribution in [0.15, 0.2) is 42.5 Å². The molecule has 26 heavy (non-hydrogen) atoms. The van der Waals surface area contributed by atoms with Crippen LogP contribution in [0.25, 0.3) is 0 Å². The van der Waals surface area contributed by atoms with Crippen LogP contribution in [-0.4, -0.2) is 31.3 Å². The number of halogens is 1. The van der Waals surface area contributed by atoms with Gasteiger partial charge in [0.25, 0.3) is 0 Å². The molecule has 0 aromatic heterocycles. The molecule has 2 aromatic carbocycles. The minimum atomic E-state index is -0.422. The minimum Gasteiger partial charge on any atom is -0.495 e. The molecule has 0 aliphatic carbocycles. The molecule has 0 saturated heterocycles. The van der Waals surface area contributed by atoms with Crippen molar-refractivity contribution in [1.29, 1.82) is 0 Å². The molecule has 0 saturated carbocycles. The van der Waals surface area contributed by atoms with Gasteiger partial charge >= 0.3 is 0 Å². The van der Waals surface area contributed by atoms with Crippen LogP contribution in [0.5, 0.6) is 5.75 Å². The molecule has 6 nitrogen and oxygen atoms in total. The van der Waals surface area contributed by atoms with E-state index in [0.717, 1.165) is 0 Å². The number of anilines is 2. The van der Waals surface area contributed by atoms with Crippen molar-refractivity contribution in [2.45, 2.75) is 13.8 Å². The number of Topliss-reactive ketones (excluding diaryl/α,β-unsaturated/α-hetero) is 1. The molecule has 0 bridgehead atoms. The molecule has 0 spiro atoms. The summed E-state index contributed by atoms with van der Waals surface area (Å²) in [6.45, 7) is 2.58. The number of hydrogen-bond acceptors (Lipinski definition) is 4. The first-order valence-electron chi connectivity index (χ1n) is 7.84. The summed E-state index contributed by atoms with van der Waals surface area (Å²) in [5.41, 5.74) is 1.34. The van der Waals surface area contributed by atoms with E-state index in [1.54, 1.807) is 42.5 Å². The Balaban J connectivity index is 2.22. The highest BCUT2D eigenvalue weighted by Crippen LogP contribution is 2.27. The van der Waals surface area contributed by atoms with E-state index in [4.69, 9.17) is 16.3 Å². The Bertz CT molecular complexity index is 851. The van der Waals surface area contributed by atoms with Crippen molar-refractivity contribution in [3.63, 3.8) is 0 Å². The molecule has 0 heterocycles. The summed E-state index contributed by atoms with van der Waals surface area (Å²) in [6.07, 6.45) is 0. The van der Waals surface area contributed by atoms with E-state index < -0.39 is 5.91 Å². The summed E-state index contributed by atoms with van der Waals surface area (Å²) in [7, 11) is 1.48. The molecule has 0 aliphatic rings. The molecule has 2 aromatic rings. The monoisotopic (exact) mass is 374 g/mol. The first-order chi connectivity index (χ1) is 12.3. The lowest BCUT2D eigenvalue weighted by molar-refractivity contribution is -0.120. The van der Waals surface area contributed by atoms with Gasteiger partial charge in [-0.05, 0) is 37.3 Å². The normalized spacial score (nSPS) is 10.2. The molecule has 0 atom stereocenters. The average molecular weight is 375 g/mol. The quantitative estimate of drug-likeness (QED) is 0.784. The number of hydrogen-bond donors (Lipinski definition) is 1. The summed E-state index contributed by atoms with van der Waals surface area (Å²) < 4.78 is 5.19. The zero-order valence-corrected chi connectivity index (χ0v) is 15.5. The fraction of sp³-hybridized carbons (Fsp3) is 0.211. The highest BCUT2D eigenvalue weighted by molar-refractivity contribution is 6.31. The van der Waals surface area contributed by atoms with E-state index in [2.05, 4.69) is 5.32 Å². The molecule has 0 fully saturated rings. The molecule has 2 rings (SSSR count). The van der Waals surface area contributed by atoms with Gasteiger partial charge in [-0.3, -0.25) is 14.4 Å². The van der Waals surface area contributed by atoms with Crippen LogP contribution in [0.3, 0.4) is 0 Å². The number of amides is 2. The smallest absolute Gasteiger partial charge is 0.244 e. The Morgan fingerprint density at radius 1 is 1.12 bits per heavy atom. The highest BCUT2D eigenvalue weighted by atomic mass is 35.5. The fourth-order valence-electron chi connectivity index (χ4n) is 2.39. The molecule has 0 aliphatic heterocycles. The molecule has 1 N–H and O–H groups in total. The number of carbonyl (C=O) groups is 3. The third-order valence-corrected chi connectivity index (χ3v) is 3.92. The summed E-state index contributed by atoms with van der Waals surface area (Å²) in [5.74, 6) is -0.410. The molecule has 7 heteroatoms. The lowest BCUT2D eigenvalue weighted by atomic mass is 10.1. The van der Waals surface area contributed by atoms with Crippen molar-refractivity contribution in [3.05, 3.63) is 53.1 Å². The second kappa shape index (κ2) is 8.49. The van der Waals surface area contributed by atoms with Gasteiger partial charge < -0.3 is 15.0 Å². The van der Waals surface area contributed by atoms with E-state index in [0.29, 0.717) is 27.7 Å². The van der Waals surface area contributed by atoms with Gasteiger partial charge in [0.05, 0.1) is 12.8 Å². The lowest BCUT2D eigenvalue weighted by Crippen LogP contribution is -2.36. The maximum absolute atomic E-state index is 12.4. The van der Waals surface area contributed by atoms with E-state index in [9.17, 15) is 14.4 Å². The second-order valence-electron chi connectivity index (χ2n) is 5.60.